The van der Waals surface area contributed by atoms with Crippen LogP contribution in [0.15, 0.2) is 29.5 Å². The summed E-state index contributed by atoms with van der Waals surface area (Å²) < 4.78 is 11.5. The SMILES string of the molecule is C=C(OCC1O[C@@](C#N)(c2ccc(C(C)=NC=N)[nH]2)C[C@@H]1O)[C@@H](N)C(C)C. The third-order valence-electron chi connectivity index (χ3n) is 4.75. The van der Waals surface area contributed by atoms with E-state index >= 15 is 0 Å². The Morgan fingerprint density at radius 1 is 1.67 bits per heavy atom. The quantitative estimate of drug-likeness (QED) is 0.312. The fourth-order valence-electron chi connectivity index (χ4n) is 2.93. The molecule has 146 valence electrons. The minimum Gasteiger partial charge on any atom is -0.494 e. The zero-order valence-corrected chi connectivity index (χ0v) is 15.9. The number of nitriles is 1. The lowest BCUT2D eigenvalue weighted by Crippen LogP contribution is -2.33. The van der Waals surface area contributed by atoms with Crippen molar-refractivity contribution in [3.8, 4) is 6.07 Å². The van der Waals surface area contributed by atoms with Gasteiger partial charge in [0, 0.05) is 6.42 Å². The zero-order chi connectivity index (χ0) is 20.2. The molecule has 0 amide bonds. The molecule has 0 saturated carbocycles. The van der Waals surface area contributed by atoms with E-state index in [1.165, 1.54) is 0 Å². The van der Waals surface area contributed by atoms with E-state index in [1.807, 2.05) is 13.8 Å². The standard InChI is InChI=1S/C19H27N5O3/c1-11(2)18(22)13(4)26-8-16-15(25)7-19(9-20,27-16)17-6-5-14(24-17)12(3)23-10-21/h5-6,10-11,15-16,18,21,24-25H,4,7-8,22H2,1-3H3/t15-,16?,18-,19-/m0/s1. The first-order valence-electron chi connectivity index (χ1n) is 8.81. The molecular weight excluding hydrogens is 346 g/mol. The average molecular weight is 373 g/mol. The molecule has 27 heavy (non-hydrogen) atoms. The van der Waals surface area contributed by atoms with Gasteiger partial charge in [0.2, 0.25) is 0 Å². The monoisotopic (exact) mass is 373 g/mol. The molecule has 0 bridgehead atoms. The van der Waals surface area contributed by atoms with Crippen LogP contribution in [0.5, 0.6) is 0 Å². The van der Waals surface area contributed by atoms with Gasteiger partial charge in [0.25, 0.3) is 0 Å². The Morgan fingerprint density at radius 3 is 2.96 bits per heavy atom. The second-order valence-corrected chi connectivity index (χ2v) is 7.04. The number of aromatic nitrogens is 1. The summed E-state index contributed by atoms with van der Waals surface area (Å²) in [6.07, 6.45) is -0.478. The van der Waals surface area contributed by atoms with Crippen LogP contribution in [0.4, 0.5) is 0 Å². The fraction of sp³-hybridized carbons (Fsp3) is 0.526. The van der Waals surface area contributed by atoms with E-state index in [-0.39, 0.29) is 25.0 Å². The van der Waals surface area contributed by atoms with Crippen LogP contribution in [-0.2, 0) is 15.1 Å². The Kier molecular flexibility index (Phi) is 6.54. The van der Waals surface area contributed by atoms with Crippen LogP contribution in [0.1, 0.15) is 38.6 Å². The van der Waals surface area contributed by atoms with E-state index in [1.54, 1.807) is 19.1 Å². The van der Waals surface area contributed by atoms with Gasteiger partial charge in [0.05, 0.1) is 29.2 Å². The average Bonchev–Trinajstić information content (AvgIpc) is 3.25. The van der Waals surface area contributed by atoms with Gasteiger partial charge in [-0.15, -0.1) is 0 Å². The summed E-state index contributed by atoms with van der Waals surface area (Å²) in [6, 6.07) is 5.34. The van der Waals surface area contributed by atoms with E-state index < -0.39 is 17.8 Å². The Morgan fingerprint density at radius 2 is 2.37 bits per heavy atom. The van der Waals surface area contributed by atoms with Crippen molar-refractivity contribution in [3.63, 3.8) is 0 Å². The van der Waals surface area contributed by atoms with Gasteiger partial charge < -0.3 is 25.3 Å². The number of aliphatic imine (C=N–C) groups is 1. The molecule has 1 unspecified atom stereocenters. The van der Waals surface area contributed by atoms with Gasteiger partial charge in [-0.2, -0.15) is 5.26 Å². The third-order valence-corrected chi connectivity index (χ3v) is 4.75. The van der Waals surface area contributed by atoms with Gasteiger partial charge in [-0.3, -0.25) is 5.41 Å². The Hall–Kier alpha value is -2.47. The van der Waals surface area contributed by atoms with Crippen LogP contribution < -0.4 is 5.73 Å². The first kappa shape index (κ1) is 20.8. The van der Waals surface area contributed by atoms with Gasteiger partial charge in [-0.1, -0.05) is 20.4 Å². The molecule has 8 nitrogen and oxygen atoms in total. The smallest absolute Gasteiger partial charge is 0.197 e. The predicted octanol–water partition coefficient (Wildman–Crippen LogP) is 1.81. The molecule has 0 aromatic carbocycles. The Balaban J connectivity index is 2.12. The highest BCUT2D eigenvalue weighted by molar-refractivity contribution is 6.00. The number of hydrogen-bond acceptors (Lipinski definition) is 6. The maximum atomic E-state index is 10.4. The number of H-pyrrole nitrogens is 1. The third kappa shape index (κ3) is 4.45. The molecule has 0 spiro atoms. The van der Waals surface area contributed by atoms with E-state index in [2.05, 4.69) is 22.6 Å². The van der Waals surface area contributed by atoms with Crippen LogP contribution in [-0.4, -0.2) is 47.0 Å². The number of nitrogens with one attached hydrogen (secondary N) is 2. The first-order valence-corrected chi connectivity index (χ1v) is 8.81. The molecule has 4 atom stereocenters. The molecule has 1 aromatic rings. The Labute approximate surface area is 159 Å². The highest BCUT2D eigenvalue weighted by Gasteiger charge is 2.49. The molecule has 1 aromatic heterocycles. The number of aromatic amines is 1. The van der Waals surface area contributed by atoms with Gasteiger partial charge >= 0.3 is 0 Å². The molecule has 1 aliphatic heterocycles. The van der Waals surface area contributed by atoms with Gasteiger partial charge in [-0.05, 0) is 25.0 Å². The van der Waals surface area contributed by atoms with E-state index in [4.69, 9.17) is 20.6 Å². The largest absolute Gasteiger partial charge is 0.494 e. The summed E-state index contributed by atoms with van der Waals surface area (Å²) in [7, 11) is 0. The van der Waals surface area contributed by atoms with E-state index in [9.17, 15) is 10.4 Å². The molecule has 1 aliphatic rings. The second-order valence-electron chi connectivity index (χ2n) is 7.04. The topological polar surface area (TPSA) is 140 Å². The van der Waals surface area contributed by atoms with Crippen LogP contribution in [0.25, 0.3) is 0 Å². The summed E-state index contributed by atoms with van der Waals surface area (Å²) in [4.78, 5) is 7.00. The maximum Gasteiger partial charge on any atom is 0.197 e. The summed E-state index contributed by atoms with van der Waals surface area (Å²) in [5.41, 5.74) is 6.50. The van der Waals surface area contributed by atoms with Crippen molar-refractivity contribution in [2.24, 2.45) is 16.6 Å². The molecule has 5 N–H and O–H groups in total. The number of rotatable bonds is 8. The van der Waals surface area contributed by atoms with Crippen LogP contribution in [0.3, 0.4) is 0 Å². The fourth-order valence-corrected chi connectivity index (χ4v) is 2.93. The highest BCUT2D eigenvalue weighted by atomic mass is 16.6. The van der Waals surface area contributed by atoms with Crippen molar-refractivity contribution in [1.29, 1.82) is 10.7 Å². The predicted molar refractivity (Wildman–Crippen MR) is 102 cm³/mol. The van der Waals surface area contributed by atoms with Gasteiger partial charge in [-0.25, -0.2) is 4.99 Å². The number of aliphatic hydroxyl groups is 1. The van der Waals surface area contributed by atoms with Crippen LogP contribution in [0.2, 0.25) is 0 Å². The number of nitrogens with zero attached hydrogens (tertiary/aromatic N) is 2. The van der Waals surface area contributed by atoms with Crippen LogP contribution in [0, 0.1) is 22.7 Å². The molecule has 2 rings (SSSR count). The number of nitrogens with two attached hydrogens (primary N) is 1. The maximum absolute atomic E-state index is 10.4. The number of ether oxygens (including phenoxy) is 2. The lowest BCUT2D eigenvalue weighted by molar-refractivity contribution is -0.0590. The first-order chi connectivity index (χ1) is 12.7. The molecule has 0 aliphatic carbocycles. The van der Waals surface area contributed by atoms with Crippen molar-refractivity contribution in [1.82, 2.24) is 4.98 Å². The summed E-state index contributed by atoms with van der Waals surface area (Å²) in [6.45, 7) is 9.58. The van der Waals surface area contributed by atoms with Gasteiger partial charge in [0.15, 0.2) is 5.60 Å². The minimum absolute atomic E-state index is 0.0612. The summed E-state index contributed by atoms with van der Waals surface area (Å²) in [5, 5.41) is 27.2. The number of hydrogen-bond donors (Lipinski definition) is 4. The van der Waals surface area contributed by atoms with Crippen molar-refractivity contribution in [3.05, 3.63) is 35.9 Å². The lowest BCUT2D eigenvalue weighted by Gasteiger charge is -2.23. The molecule has 2 heterocycles. The molecular formula is C19H27N5O3. The molecule has 8 heteroatoms. The van der Waals surface area contributed by atoms with Crippen molar-refractivity contribution in [2.75, 3.05) is 6.61 Å². The molecule has 0 radical (unpaired) electrons. The van der Waals surface area contributed by atoms with Gasteiger partial charge in [0.1, 0.15) is 30.9 Å². The van der Waals surface area contributed by atoms with Crippen molar-refractivity contribution in [2.45, 2.75) is 51.0 Å². The normalized spacial score (nSPS) is 26.6. The summed E-state index contributed by atoms with van der Waals surface area (Å²) in [5.74, 6) is 0.601. The highest BCUT2D eigenvalue weighted by Crippen LogP contribution is 2.39. The molecule has 1 saturated heterocycles. The molecule has 1 fully saturated rings. The minimum atomic E-state index is -1.31. The van der Waals surface area contributed by atoms with E-state index in [0.717, 1.165) is 6.34 Å². The number of aliphatic hydroxyl groups excluding tert-OH is 1. The summed E-state index contributed by atoms with van der Waals surface area (Å²) >= 11 is 0. The zero-order valence-electron chi connectivity index (χ0n) is 15.9. The second kappa shape index (κ2) is 8.48. The van der Waals surface area contributed by atoms with Crippen molar-refractivity contribution < 1.29 is 14.6 Å². The van der Waals surface area contributed by atoms with Crippen molar-refractivity contribution >= 4 is 12.1 Å². The Bertz CT molecular complexity index is 764. The van der Waals surface area contributed by atoms with E-state index in [0.29, 0.717) is 22.9 Å². The van der Waals surface area contributed by atoms with Crippen LogP contribution >= 0.6 is 0 Å². The lowest BCUT2D eigenvalue weighted by atomic mass is 9.96.